The SMILES string of the molecule is CC[C@@H](C(=O)NC(C)C)N(Cc1cccc(OC)c1)C(=O)CN(c1ccc(F)c(F)c1)S(C)(=O)=O. The second-order valence-electron chi connectivity index (χ2n) is 8.33. The number of methoxy groups -OCH3 is 1. The lowest BCUT2D eigenvalue weighted by atomic mass is 10.1. The Morgan fingerprint density at radius 1 is 1.09 bits per heavy atom. The summed E-state index contributed by atoms with van der Waals surface area (Å²) in [6, 6.07) is 8.40. The third-order valence-corrected chi connectivity index (χ3v) is 6.31. The lowest BCUT2D eigenvalue weighted by Gasteiger charge is -2.33. The fourth-order valence-electron chi connectivity index (χ4n) is 3.52. The van der Waals surface area contributed by atoms with E-state index in [2.05, 4.69) is 5.32 Å². The van der Waals surface area contributed by atoms with Gasteiger partial charge in [-0.25, -0.2) is 17.2 Å². The molecule has 2 aromatic rings. The Balaban J connectivity index is 2.47. The molecular weight excluding hydrogens is 480 g/mol. The van der Waals surface area contributed by atoms with Crippen molar-refractivity contribution in [1.29, 1.82) is 0 Å². The monoisotopic (exact) mass is 511 g/mol. The molecule has 0 aliphatic carbocycles. The molecule has 0 heterocycles. The smallest absolute Gasteiger partial charge is 0.244 e. The average molecular weight is 512 g/mol. The molecule has 0 spiro atoms. The van der Waals surface area contributed by atoms with Crippen LogP contribution in [0.2, 0.25) is 0 Å². The van der Waals surface area contributed by atoms with Crippen LogP contribution < -0.4 is 14.4 Å². The van der Waals surface area contributed by atoms with E-state index in [1.807, 2.05) is 0 Å². The van der Waals surface area contributed by atoms with Crippen molar-refractivity contribution in [3.63, 3.8) is 0 Å². The summed E-state index contributed by atoms with van der Waals surface area (Å²) in [4.78, 5) is 27.7. The maximum Gasteiger partial charge on any atom is 0.244 e. The van der Waals surface area contributed by atoms with Gasteiger partial charge >= 0.3 is 0 Å². The van der Waals surface area contributed by atoms with Gasteiger partial charge in [-0.05, 0) is 50.1 Å². The summed E-state index contributed by atoms with van der Waals surface area (Å²) < 4.78 is 58.2. The zero-order valence-electron chi connectivity index (χ0n) is 20.4. The second kappa shape index (κ2) is 12.0. The number of halogens is 2. The van der Waals surface area contributed by atoms with Crippen LogP contribution >= 0.6 is 0 Å². The molecule has 35 heavy (non-hydrogen) atoms. The lowest BCUT2D eigenvalue weighted by Crippen LogP contribution is -2.53. The van der Waals surface area contributed by atoms with Crippen molar-refractivity contribution < 1.29 is 31.5 Å². The number of sulfonamides is 1. The predicted octanol–water partition coefficient (Wildman–Crippen LogP) is 3.07. The largest absolute Gasteiger partial charge is 0.497 e. The fraction of sp³-hybridized carbons (Fsp3) is 0.417. The number of ether oxygens (including phenoxy) is 1. The highest BCUT2D eigenvalue weighted by atomic mass is 32.2. The minimum atomic E-state index is -4.06. The van der Waals surface area contributed by atoms with Crippen molar-refractivity contribution in [3.05, 3.63) is 59.7 Å². The number of hydrogen-bond acceptors (Lipinski definition) is 5. The van der Waals surface area contributed by atoms with Gasteiger partial charge in [0.05, 0.1) is 19.1 Å². The first kappa shape index (κ1) is 28.0. The number of hydrogen-bond donors (Lipinski definition) is 1. The summed E-state index contributed by atoms with van der Waals surface area (Å²) in [5.41, 5.74) is 0.452. The van der Waals surface area contributed by atoms with E-state index in [4.69, 9.17) is 4.74 Å². The van der Waals surface area contributed by atoms with Crippen LogP contribution in [0.4, 0.5) is 14.5 Å². The molecule has 0 saturated heterocycles. The van der Waals surface area contributed by atoms with Crippen LogP contribution in [0.1, 0.15) is 32.8 Å². The molecule has 1 N–H and O–H groups in total. The van der Waals surface area contributed by atoms with Crippen LogP contribution in [-0.4, -0.2) is 57.1 Å². The van der Waals surface area contributed by atoms with Crippen molar-refractivity contribution in [1.82, 2.24) is 10.2 Å². The average Bonchev–Trinajstić information content (AvgIpc) is 2.78. The van der Waals surface area contributed by atoms with Gasteiger partial charge in [-0.2, -0.15) is 0 Å². The maximum absolute atomic E-state index is 13.8. The Bertz CT molecular complexity index is 1160. The molecule has 2 rings (SSSR count). The minimum Gasteiger partial charge on any atom is -0.497 e. The van der Waals surface area contributed by atoms with Crippen molar-refractivity contribution in [3.8, 4) is 5.75 Å². The van der Waals surface area contributed by atoms with Crippen molar-refractivity contribution in [2.24, 2.45) is 0 Å². The van der Waals surface area contributed by atoms with Gasteiger partial charge in [-0.15, -0.1) is 0 Å². The van der Waals surface area contributed by atoms with Crippen LogP contribution in [0.5, 0.6) is 5.75 Å². The third kappa shape index (κ3) is 7.64. The lowest BCUT2D eigenvalue weighted by molar-refractivity contribution is -0.140. The molecule has 0 aliphatic heterocycles. The molecule has 0 unspecified atom stereocenters. The molecule has 8 nitrogen and oxygen atoms in total. The van der Waals surface area contributed by atoms with Gasteiger partial charge in [0, 0.05) is 18.7 Å². The highest BCUT2D eigenvalue weighted by Crippen LogP contribution is 2.22. The molecule has 0 bridgehead atoms. The Morgan fingerprint density at radius 3 is 2.31 bits per heavy atom. The van der Waals surface area contributed by atoms with Crippen molar-refractivity contribution in [2.45, 2.75) is 45.8 Å². The summed E-state index contributed by atoms with van der Waals surface area (Å²) in [7, 11) is -2.56. The minimum absolute atomic E-state index is 0.00453. The standard InChI is InChI=1S/C24H31F2N3O5S/c1-6-22(24(31)27-16(2)3)28(14-17-8-7-9-19(12-17)34-4)23(30)15-29(35(5,32)33)18-10-11-20(25)21(26)13-18/h7-13,16,22H,6,14-15H2,1-5H3,(H,27,31)/t22-/m0/s1. The predicted molar refractivity (Wildman–Crippen MR) is 129 cm³/mol. The molecule has 0 aliphatic rings. The van der Waals surface area contributed by atoms with Crippen molar-refractivity contribution >= 4 is 27.5 Å². The Hall–Kier alpha value is -3.21. The van der Waals surface area contributed by atoms with E-state index < -0.39 is 46.1 Å². The van der Waals surface area contributed by atoms with Gasteiger partial charge in [-0.3, -0.25) is 13.9 Å². The summed E-state index contributed by atoms with van der Waals surface area (Å²) in [5, 5.41) is 2.79. The number of nitrogens with zero attached hydrogens (tertiary/aromatic N) is 2. The fourth-order valence-corrected chi connectivity index (χ4v) is 4.36. The molecule has 0 fully saturated rings. The van der Waals surface area contributed by atoms with E-state index in [1.54, 1.807) is 45.0 Å². The first-order valence-electron chi connectivity index (χ1n) is 11.0. The summed E-state index contributed by atoms with van der Waals surface area (Å²) in [6.07, 6.45) is 1.12. The van der Waals surface area contributed by atoms with Crippen molar-refractivity contribution in [2.75, 3.05) is 24.2 Å². The zero-order valence-corrected chi connectivity index (χ0v) is 21.2. The van der Waals surface area contributed by atoms with Gasteiger partial charge < -0.3 is 15.0 Å². The van der Waals surface area contributed by atoms with Crippen LogP contribution in [0.3, 0.4) is 0 Å². The molecule has 2 aromatic carbocycles. The van der Waals surface area contributed by atoms with E-state index >= 15 is 0 Å². The molecule has 0 radical (unpaired) electrons. The zero-order chi connectivity index (χ0) is 26.3. The number of carbonyl (C=O) groups is 2. The van der Waals surface area contributed by atoms with Gasteiger partial charge in [0.2, 0.25) is 21.8 Å². The molecule has 2 amide bonds. The Labute approximate surface area is 204 Å². The highest BCUT2D eigenvalue weighted by molar-refractivity contribution is 7.92. The van der Waals surface area contributed by atoms with Crippen LogP contribution in [-0.2, 0) is 26.2 Å². The van der Waals surface area contributed by atoms with E-state index in [9.17, 15) is 26.8 Å². The number of rotatable bonds is 11. The maximum atomic E-state index is 13.8. The molecule has 192 valence electrons. The molecule has 0 aromatic heterocycles. The van der Waals surface area contributed by atoms with Gasteiger partial charge in [0.1, 0.15) is 18.3 Å². The first-order valence-corrected chi connectivity index (χ1v) is 12.9. The molecule has 0 saturated carbocycles. The van der Waals surface area contributed by atoms with Crippen LogP contribution in [0.15, 0.2) is 42.5 Å². The summed E-state index contributed by atoms with van der Waals surface area (Å²) in [5.74, 6) is -2.93. The Morgan fingerprint density at radius 2 is 1.77 bits per heavy atom. The topological polar surface area (TPSA) is 96.0 Å². The number of anilines is 1. The van der Waals surface area contributed by atoms with Crippen LogP contribution in [0.25, 0.3) is 0 Å². The summed E-state index contributed by atoms with van der Waals surface area (Å²) >= 11 is 0. The van der Waals surface area contributed by atoms with Gasteiger partial charge in [0.15, 0.2) is 11.6 Å². The molecule has 11 heteroatoms. The van der Waals surface area contributed by atoms with Gasteiger partial charge in [0.25, 0.3) is 0 Å². The van der Waals surface area contributed by atoms with E-state index in [-0.39, 0.29) is 24.7 Å². The summed E-state index contributed by atoms with van der Waals surface area (Å²) in [6.45, 7) is 4.59. The van der Waals surface area contributed by atoms with Gasteiger partial charge in [-0.1, -0.05) is 19.1 Å². The molecule has 1 atom stereocenters. The number of benzene rings is 2. The molecular formula is C24H31F2N3O5S. The normalized spacial score (nSPS) is 12.2. The van der Waals surface area contributed by atoms with E-state index in [0.717, 1.165) is 18.4 Å². The quantitative estimate of drug-likeness (QED) is 0.500. The van der Waals surface area contributed by atoms with Crippen LogP contribution in [0, 0.1) is 11.6 Å². The first-order chi connectivity index (χ1) is 16.4. The van der Waals surface area contributed by atoms with E-state index in [1.165, 1.54) is 12.0 Å². The van der Waals surface area contributed by atoms with E-state index in [0.29, 0.717) is 21.7 Å². The third-order valence-electron chi connectivity index (χ3n) is 5.17. The number of nitrogens with one attached hydrogen (secondary N) is 1. The second-order valence-corrected chi connectivity index (χ2v) is 10.2. The highest BCUT2D eigenvalue weighted by Gasteiger charge is 2.32. The number of carbonyl (C=O) groups excluding carboxylic acids is 2. The number of amides is 2. The Kier molecular flexibility index (Phi) is 9.58.